The van der Waals surface area contributed by atoms with Gasteiger partial charge in [-0.25, -0.2) is 0 Å². The second-order valence-electron chi connectivity index (χ2n) is 5.92. The Bertz CT molecular complexity index is 545. The minimum atomic E-state index is -0.437. The van der Waals surface area contributed by atoms with Crippen LogP contribution in [0.3, 0.4) is 0 Å². The van der Waals surface area contributed by atoms with Crippen molar-refractivity contribution < 1.29 is 9.59 Å². The summed E-state index contributed by atoms with van der Waals surface area (Å²) in [6.45, 7) is 6.32. The van der Waals surface area contributed by atoms with E-state index < -0.39 is 12.1 Å². The van der Waals surface area contributed by atoms with Crippen molar-refractivity contribution in [3.8, 4) is 0 Å². The zero-order chi connectivity index (χ0) is 15.6. The summed E-state index contributed by atoms with van der Waals surface area (Å²) >= 11 is 3.49. The van der Waals surface area contributed by atoms with Crippen LogP contribution in [0.5, 0.6) is 0 Å². The molecule has 1 aliphatic rings. The minimum absolute atomic E-state index is 0.00607. The van der Waals surface area contributed by atoms with E-state index in [1.54, 1.807) is 11.8 Å². The normalized spacial score (nSPS) is 22.6. The number of hydrogen-bond donors (Lipinski definition) is 1. The second-order valence-corrected chi connectivity index (χ2v) is 6.78. The zero-order valence-corrected chi connectivity index (χ0v) is 14.2. The van der Waals surface area contributed by atoms with Crippen molar-refractivity contribution >= 4 is 27.7 Å². The number of halogens is 1. The molecule has 1 fully saturated rings. The fourth-order valence-electron chi connectivity index (χ4n) is 2.54. The van der Waals surface area contributed by atoms with Gasteiger partial charge in [-0.05, 0) is 30.9 Å². The number of carbonyl (C=O) groups is 2. The largest absolute Gasteiger partial charge is 0.343 e. The molecule has 0 aromatic heterocycles. The Morgan fingerprint density at radius 1 is 1.29 bits per heavy atom. The van der Waals surface area contributed by atoms with Crippen LogP contribution >= 0.6 is 15.9 Å². The van der Waals surface area contributed by atoms with E-state index in [0.29, 0.717) is 18.9 Å². The Kier molecular flexibility index (Phi) is 5.04. The van der Waals surface area contributed by atoms with E-state index in [9.17, 15) is 9.59 Å². The fourth-order valence-corrected chi connectivity index (χ4v) is 2.95. The average molecular weight is 353 g/mol. The molecule has 2 atom stereocenters. The first-order valence-corrected chi connectivity index (χ1v) is 8.03. The van der Waals surface area contributed by atoms with Gasteiger partial charge in [-0.1, -0.05) is 48.0 Å². The molecule has 0 saturated carbocycles. The standard InChI is InChI=1S/C16H21BrN2O2/c1-10(2)8-14-16(21)19(11(3)15(20)18-14)9-12-6-4-5-7-13(12)17/h4-7,10-11,14H,8-9H2,1-3H3,(H,18,20). The van der Waals surface area contributed by atoms with Crippen molar-refractivity contribution in [3.05, 3.63) is 34.3 Å². The lowest BCUT2D eigenvalue weighted by Gasteiger charge is -2.38. The fraction of sp³-hybridized carbons (Fsp3) is 0.500. The highest BCUT2D eigenvalue weighted by Crippen LogP contribution is 2.22. The van der Waals surface area contributed by atoms with Crippen molar-refractivity contribution in [1.29, 1.82) is 0 Å². The molecule has 1 aliphatic heterocycles. The van der Waals surface area contributed by atoms with Crippen molar-refractivity contribution in [2.75, 3.05) is 0 Å². The third-order valence-electron chi connectivity index (χ3n) is 3.75. The van der Waals surface area contributed by atoms with Crippen LogP contribution in [0, 0.1) is 5.92 Å². The molecule has 1 aromatic rings. The van der Waals surface area contributed by atoms with E-state index in [4.69, 9.17) is 0 Å². The number of benzene rings is 1. The molecule has 21 heavy (non-hydrogen) atoms. The Labute approximate surface area is 134 Å². The van der Waals surface area contributed by atoms with Gasteiger partial charge in [-0.2, -0.15) is 0 Å². The maximum absolute atomic E-state index is 12.6. The maximum Gasteiger partial charge on any atom is 0.246 e. The molecule has 5 heteroatoms. The van der Waals surface area contributed by atoms with E-state index in [2.05, 4.69) is 35.1 Å². The Balaban J connectivity index is 2.21. The lowest BCUT2D eigenvalue weighted by Crippen LogP contribution is -2.62. The molecular formula is C16H21BrN2O2. The number of nitrogens with zero attached hydrogens (tertiary/aromatic N) is 1. The Hall–Kier alpha value is -1.36. The lowest BCUT2D eigenvalue weighted by molar-refractivity contribution is -0.149. The molecule has 4 nitrogen and oxygen atoms in total. The predicted molar refractivity (Wildman–Crippen MR) is 85.5 cm³/mol. The van der Waals surface area contributed by atoms with Gasteiger partial charge in [0.2, 0.25) is 11.8 Å². The molecule has 0 spiro atoms. The van der Waals surface area contributed by atoms with Crippen LogP contribution in [0.25, 0.3) is 0 Å². The van der Waals surface area contributed by atoms with Crippen LogP contribution in [0.4, 0.5) is 0 Å². The second kappa shape index (κ2) is 6.60. The Morgan fingerprint density at radius 3 is 2.57 bits per heavy atom. The molecule has 2 rings (SSSR count). The minimum Gasteiger partial charge on any atom is -0.343 e. The molecule has 1 heterocycles. The number of nitrogens with one attached hydrogen (secondary N) is 1. The molecule has 1 aromatic carbocycles. The van der Waals surface area contributed by atoms with Crippen LogP contribution in [-0.4, -0.2) is 28.8 Å². The SMILES string of the molecule is CC(C)CC1NC(=O)C(C)N(Cc2ccccc2Br)C1=O. The molecule has 2 amide bonds. The number of carbonyl (C=O) groups excluding carboxylic acids is 2. The molecule has 2 unspecified atom stereocenters. The summed E-state index contributed by atoms with van der Waals surface area (Å²) in [6, 6.07) is 6.94. The highest BCUT2D eigenvalue weighted by molar-refractivity contribution is 9.10. The summed E-state index contributed by atoms with van der Waals surface area (Å²) in [5.74, 6) is 0.289. The highest BCUT2D eigenvalue weighted by atomic mass is 79.9. The van der Waals surface area contributed by atoms with E-state index in [0.717, 1.165) is 10.0 Å². The average Bonchev–Trinajstić information content (AvgIpc) is 2.42. The van der Waals surface area contributed by atoms with Crippen molar-refractivity contribution in [1.82, 2.24) is 10.2 Å². The number of amides is 2. The molecule has 114 valence electrons. The van der Waals surface area contributed by atoms with Crippen LogP contribution < -0.4 is 5.32 Å². The van der Waals surface area contributed by atoms with Gasteiger partial charge >= 0.3 is 0 Å². The molecule has 0 radical (unpaired) electrons. The van der Waals surface area contributed by atoms with Crippen LogP contribution in [0.15, 0.2) is 28.7 Å². The van der Waals surface area contributed by atoms with Gasteiger partial charge in [-0.3, -0.25) is 9.59 Å². The monoisotopic (exact) mass is 352 g/mol. The number of hydrogen-bond acceptors (Lipinski definition) is 2. The van der Waals surface area contributed by atoms with Crippen molar-refractivity contribution in [2.24, 2.45) is 5.92 Å². The van der Waals surface area contributed by atoms with Gasteiger partial charge in [0, 0.05) is 11.0 Å². The van der Waals surface area contributed by atoms with Gasteiger partial charge in [0.05, 0.1) is 0 Å². The third kappa shape index (κ3) is 3.64. The topological polar surface area (TPSA) is 49.4 Å². The van der Waals surface area contributed by atoms with Crippen molar-refractivity contribution in [2.45, 2.75) is 45.8 Å². The summed E-state index contributed by atoms with van der Waals surface area (Å²) in [5, 5.41) is 2.84. The molecule has 0 bridgehead atoms. The quantitative estimate of drug-likeness (QED) is 0.905. The summed E-state index contributed by atoms with van der Waals surface area (Å²) in [4.78, 5) is 26.4. The number of rotatable bonds is 4. The molecule has 0 aliphatic carbocycles. The van der Waals surface area contributed by atoms with Crippen LogP contribution in [0.1, 0.15) is 32.8 Å². The van der Waals surface area contributed by atoms with Gasteiger partial charge in [0.25, 0.3) is 0 Å². The maximum atomic E-state index is 12.6. The molecule has 1 N–H and O–H groups in total. The highest BCUT2D eigenvalue weighted by Gasteiger charge is 2.38. The smallest absolute Gasteiger partial charge is 0.246 e. The van der Waals surface area contributed by atoms with Gasteiger partial charge < -0.3 is 10.2 Å². The summed E-state index contributed by atoms with van der Waals surface area (Å²) < 4.78 is 0.955. The van der Waals surface area contributed by atoms with Gasteiger partial charge in [0.1, 0.15) is 12.1 Å². The first-order chi connectivity index (χ1) is 9.90. The predicted octanol–water partition coefficient (Wildman–Crippen LogP) is 2.71. The summed E-state index contributed by atoms with van der Waals surface area (Å²) in [5.41, 5.74) is 1.01. The van der Waals surface area contributed by atoms with Crippen LogP contribution in [-0.2, 0) is 16.1 Å². The summed E-state index contributed by atoms with van der Waals surface area (Å²) in [7, 11) is 0. The van der Waals surface area contributed by atoms with E-state index >= 15 is 0 Å². The molecule has 1 saturated heterocycles. The summed E-state index contributed by atoms with van der Waals surface area (Å²) in [6.07, 6.45) is 0.670. The first kappa shape index (κ1) is 16.0. The third-order valence-corrected chi connectivity index (χ3v) is 4.52. The van der Waals surface area contributed by atoms with Crippen LogP contribution in [0.2, 0.25) is 0 Å². The van der Waals surface area contributed by atoms with Gasteiger partial charge in [-0.15, -0.1) is 0 Å². The van der Waals surface area contributed by atoms with E-state index in [-0.39, 0.29) is 11.8 Å². The number of piperazine rings is 1. The zero-order valence-electron chi connectivity index (χ0n) is 12.6. The Morgan fingerprint density at radius 2 is 1.95 bits per heavy atom. The van der Waals surface area contributed by atoms with E-state index in [1.807, 2.05) is 24.3 Å². The molecular weight excluding hydrogens is 332 g/mol. The van der Waals surface area contributed by atoms with E-state index in [1.165, 1.54) is 0 Å². The van der Waals surface area contributed by atoms with Gasteiger partial charge in [0.15, 0.2) is 0 Å². The lowest BCUT2D eigenvalue weighted by atomic mass is 9.98. The van der Waals surface area contributed by atoms with Crippen molar-refractivity contribution in [3.63, 3.8) is 0 Å². The first-order valence-electron chi connectivity index (χ1n) is 7.24.